The third-order valence-electron chi connectivity index (χ3n) is 3.41. The lowest BCUT2D eigenvalue weighted by atomic mass is 10.0. The van der Waals surface area contributed by atoms with Crippen molar-refractivity contribution in [3.05, 3.63) is 0 Å². The number of likely N-dealkylation sites (N-methyl/N-ethyl adjacent to an activating group) is 1. The molecule has 0 aromatic heterocycles. The maximum Gasteiger partial charge on any atom is 0.191 e. The molecule has 0 aliphatic rings. The highest BCUT2D eigenvalue weighted by molar-refractivity contribution is 14.0. The molecule has 0 saturated heterocycles. The molecule has 0 radical (unpaired) electrons. The van der Waals surface area contributed by atoms with Gasteiger partial charge in [0.15, 0.2) is 5.96 Å². The Bertz CT molecular complexity index is 273. The van der Waals surface area contributed by atoms with Crippen LogP contribution in [0.25, 0.3) is 0 Å². The van der Waals surface area contributed by atoms with E-state index in [9.17, 15) is 0 Å². The Kier molecular flexibility index (Phi) is 17.4. The predicted octanol–water partition coefficient (Wildman–Crippen LogP) is 2.56. The number of halogens is 1. The topological polar surface area (TPSA) is 48.9 Å². The van der Waals surface area contributed by atoms with Crippen molar-refractivity contribution in [3.8, 4) is 0 Å². The fourth-order valence-electron chi connectivity index (χ4n) is 2.14. The van der Waals surface area contributed by atoms with Crippen molar-refractivity contribution in [1.29, 1.82) is 0 Å². The normalized spacial score (nSPS) is 13.2. The number of ether oxygens (including phenoxy) is 1. The van der Waals surface area contributed by atoms with Gasteiger partial charge in [-0.15, -0.1) is 24.0 Å². The first kappa shape index (κ1) is 24.2. The maximum atomic E-state index is 5.33. The predicted molar refractivity (Wildman–Crippen MR) is 107 cm³/mol. The zero-order valence-electron chi connectivity index (χ0n) is 15.3. The van der Waals surface area contributed by atoms with Crippen molar-refractivity contribution < 1.29 is 4.74 Å². The van der Waals surface area contributed by atoms with Crippen molar-refractivity contribution >= 4 is 29.9 Å². The molecular weight excluding hydrogens is 391 g/mol. The monoisotopic (exact) mass is 428 g/mol. The van der Waals surface area contributed by atoms with Crippen LogP contribution in [0.2, 0.25) is 0 Å². The molecule has 0 amide bonds. The summed E-state index contributed by atoms with van der Waals surface area (Å²) in [5, 5.41) is 6.78. The molecule has 0 aliphatic carbocycles. The molecule has 0 aromatic rings. The fraction of sp³-hybridized carbons (Fsp3) is 0.938. The van der Waals surface area contributed by atoms with Gasteiger partial charge in [-0.25, -0.2) is 0 Å². The summed E-state index contributed by atoms with van der Waals surface area (Å²) in [7, 11) is 6.10. The van der Waals surface area contributed by atoms with Gasteiger partial charge in [0.05, 0.1) is 0 Å². The van der Waals surface area contributed by atoms with Crippen molar-refractivity contribution in [2.75, 3.05) is 47.4 Å². The van der Waals surface area contributed by atoms with Crippen LogP contribution in [-0.2, 0) is 4.74 Å². The Labute approximate surface area is 154 Å². The Morgan fingerprint density at radius 2 is 1.86 bits per heavy atom. The number of hydrogen-bond donors (Lipinski definition) is 2. The van der Waals surface area contributed by atoms with E-state index in [1.165, 1.54) is 6.42 Å². The number of nitrogens with one attached hydrogen (secondary N) is 2. The van der Waals surface area contributed by atoms with Crippen LogP contribution < -0.4 is 10.6 Å². The van der Waals surface area contributed by atoms with E-state index in [2.05, 4.69) is 48.5 Å². The van der Waals surface area contributed by atoms with Crippen molar-refractivity contribution in [1.82, 2.24) is 15.5 Å². The lowest BCUT2D eigenvalue weighted by Crippen LogP contribution is -2.45. The summed E-state index contributed by atoms with van der Waals surface area (Å²) in [6, 6.07) is 0.529. The molecule has 134 valence electrons. The highest BCUT2D eigenvalue weighted by Gasteiger charge is 2.13. The highest BCUT2D eigenvalue weighted by atomic mass is 127. The van der Waals surface area contributed by atoms with Gasteiger partial charge in [0.2, 0.25) is 0 Å². The van der Waals surface area contributed by atoms with Crippen LogP contribution in [0.3, 0.4) is 0 Å². The number of aliphatic imine (C=N–C) groups is 1. The second-order valence-corrected chi connectivity index (χ2v) is 6.03. The summed E-state index contributed by atoms with van der Waals surface area (Å²) in [6.07, 6.45) is 3.38. The van der Waals surface area contributed by atoms with Crippen LogP contribution >= 0.6 is 24.0 Å². The van der Waals surface area contributed by atoms with E-state index in [1.807, 2.05) is 14.0 Å². The van der Waals surface area contributed by atoms with E-state index in [-0.39, 0.29) is 24.0 Å². The van der Waals surface area contributed by atoms with Gasteiger partial charge in [0.1, 0.15) is 0 Å². The van der Waals surface area contributed by atoms with Gasteiger partial charge in [-0.3, -0.25) is 4.99 Å². The minimum Gasteiger partial charge on any atom is -0.382 e. The fourth-order valence-corrected chi connectivity index (χ4v) is 2.14. The van der Waals surface area contributed by atoms with E-state index in [4.69, 9.17) is 4.74 Å². The molecule has 0 heterocycles. The van der Waals surface area contributed by atoms with Crippen LogP contribution in [-0.4, -0.2) is 64.3 Å². The van der Waals surface area contributed by atoms with Gasteiger partial charge in [0, 0.05) is 39.4 Å². The van der Waals surface area contributed by atoms with Crippen LogP contribution in [0, 0.1) is 5.92 Å². The van der Waals surface area contributed by atoms with Crippen LogP contribution in [0.5, 0.6) is 0 Å². The summed E-state index contributed by atoms with van der Waals surface area (Å²) in [5.41, 5.74) is 0. The molecule has 0 aromatic carbocycles. The Morgan fingerprint density at radius 1 is 1.18 bits per heavy atom. The maximum absolute atomic E-state index is 5.33. The SMILES string of the molecule is CCOCCCCNC(=NC)NCC(CC(C)C)N(C)C.I. The standard InChI is InChI=1S/C16H36N4O.HI/c1-7-21-11-9-8-10-18-16(17-4)19-13-15(20(5)6)12-14(2)3;/h14-15H,7-13H2,1-6H3,(H2,17,18,19);1H. The minimum atomic E-state index is 0. The number of guanidine groups is 1. The van der Waals surface area contributed by atoms with Crippen molar-refractivity contribution in [2.24, 2.45) is 10.9 Å². The quantitative estimate of drug-likeness (QED) is 0.230. The van der Waals surface area contributed by atoms with Gasteiger partial charge >= 0.3 is 0 Å². The Hall–Kier alpha value is -0.0800. The van der Waals surface area contributed by atoms with E-state index in [1.54, 1.807) is 0 Å². The number of hydrogen-bond acceptors (Lipinski definition) is 3. The molecule has 0 spiro atoms. The molecule has 2 N–H and O–H groups in total. The Balaban J connectivity index is 0. The molecule has 5 nitrogen and oxygen atoms in total. The van der Waals surface area contributed by atoms with E-state index >= 15 is 0 Å². The second kappa shape index (κ2) is 15.8. The Morgan fingerprint density at radius 3 is 2.36 bits per heavy atom. The van der Waals surface area contributed by atoms with E-state index in [0.717, 1.165) is 45.1 Å². The van der Waals surface area contributed by atoms with Crippen LogP contribution in [0.1, 0.15) is 40.0 Å². The van der Waals surface area contributed by atoms with E-state index in [0.29, 0.717) is 12.0 Å². The van der Waals surface area contributed by atoms with Gasteiger partial charge in [-0.1, -0.05) is 13.8 Å². The summed E-state index contributed by atoms with van der Waals surface area (Å²) in [5.74, 6) is 1.59. The summed E-state index contributed by atoms with van der Waals surface area (Å²) >= 11 is 0. The summed E-state index contributed by atoms with van der Waals surface area (Å²) < 4.78 is 5.33. The zero-order chi connectivity index (χ0) is 16.1. The zero-order valence-corrected chi connectivity index (χ0v) is 17.6. The van der Waals surface area contributed by atoms with Crippen molar-refractivity contribution in [3.63, 3.8) is 0 Å². The third-order valence-corrected chi connectivity index (χ3v) is 3.41. The molecule has 6 heteroatoms. The van der Waals surface area contributed by atoms with Crippen LogP contribution in [0.15, 0.2) is 4.99 Å². The van der Waals surface area contributed by atoms with Crippen molar-refractivity contribution in [2.45, 2.75) is 46.1 Å². The molecular formula is C16H37IN4O. The molecule has 1 unspecified atom stereocenters. The summed E-state index contributed by atoms with van der Waals surface area (Å²) in [6.45, 7) is 10.1. The molecule has 22 heavy (non-hydrogen) atoms. The molecule has 0 fully saturated rings. The molecule has 0 bridgehead atoms. The average Bonchev–Trinajstić information content (AvgIpc) is 2.43. The number of rotatable bonds is 11. The van der Waals surface area contributed by atoms with Crippen LogP contribution in [0.4, 0.5) is 0 Å². The smallest absolute Gasteiger partial charge is 0.191 e. The third kappa shape index (κ3) is 13.6. The van der Waals surface area contributed by atoms with Gasteiger partial charge < -0.3 is 20.3 Å². The van der Waals surface area contributed by atoms with E-state index < -0.39 is 0 Å². The summed E-state index contributed by atoms with van der Waals surface area (Å²) in [4.78, 5) is 6.56. The van der Waals surface area contributed by atoms with Gasteiger partial charge in [-0.2, -0.15) is 0 Å². The van der Waals surface area contributed by atoms with Gasteiger partial charge in [-0.05, 0) is 46.2 Å². The first-order valence-electron chi connectivity index (χ1n) is 8.19. The highest BCUT2D eigenvalue weighted by Crippen LogP contribution is 2.07. The average molecular weight is 428 g/mol. The minimum absolute atomic E-state index is 0. The molecule has 0 aliphatic heterocycles. The number of nitrogens with zero attached hydrogens (tertiary/aromatic N) is 2. The van der Waals surface area contributed by atoms with Gasteiger partial charge in [0.25, 0.3) is 0 Å². The molecule has 1 atom stereocenters. The lowest BCUT2D eigenvalue weighted by molar-refractivity contribution is 0.143. The molecule has 0 rings (SSSR count). The lowest BCUT2D eigenvalue weighted by Gasteiger charge is -2.27. The number of unbranched alkanes of at least 4 members (excludes halogenated alkanes) is 1. The first-order valence-corrected chi connectivity index (χ1v) is 8.19. The largest absolute Gasteiger partial charge is 0.382 e. The molecule has 0 saturated carbocycles. The second-order valence-electron chi connectivity index (χ2n) is 6.03. The first-order chi connectivity index (χ1) is 10.0.